The smallest absolute Gasteiger partial charge is 0.416 e. The molecule has 26 heavy (non-hydrogen) atoms. The summed E-state index contributed by atoms with van der Waals surface area (Å²) in [6.45, 7) is 0.775. The summed E-state index contributed by atoms with van der Waals surface area (Å²) in [5.74, 6) is 0. The van der Waals surface area contributed by atoms with Crippen LogP contribution in [0.25, 0.3) is 0 Å². The SMILES string of the molecule is CN1C[C@]2(CCCN(S(=O)(=O)c3ccc(C(F)(F)F)cc3)CC2)OC1=O. The second-order valence-corrected chi connectivity index (χ2v) is 8.62. The zero-order valence-electron chi connectivity index (χ0n) is 14.1. The van der Waals surface area contributed by atoms with Gasteiger partial charge >= 0.3 is 12.3 Å². The first-order valence-corrected chi connectivity index (χ1v) is 9.59. The van der Waals surface area contributed by atoms with Crippen molar-refractivity contribution < 1.29 is 31.1 Å². The molecule has 0 N–H and O–H groups in total. The molecular formula is C16H19F3N2O4S. The Labute approximate surface area is 149 Å². The second-order valence-electron chi connectivity index (χ2n) is 6.69. The molecule has 1 atom stereocenters. The standard InChI is InChI=1S/C16H19F3N2O4S/c1-20-11-15(25-14(20)22)7-2-9-21(10-8-15)26(23,24)13-5-3-12(4-6-13)16(17,18)19/h3-6H,2,7-11H2,1H3/t15-/m1/s1. The van der Waals surface area contributed by atoms with Gasteiger partial charge in [-0.15, -0.1) is 0 Å². The third kappa shape index (κ3) is 3.52. The van der Waals surface area contributed by atoms with E-state index in [0.29, 0.717) is 25.8 Å². The van der Waals surface area contributed by atoms with E-state index in [1.54, 1.807) is 7.05 Å². The maximum atomic E-state index is 12.8. The number of hydrogen-bond donors (Lipinski definition) is 0. The van der Waals surface area contributed by atoms with Gasteiger partial charge in [-0.05, 0) is 37.1 Å². The highest BCUT2D eigenvalue weighted by Crippen LogP contribution is 2.34. The lowest BCUT2D eigenvalue weighted by molar-refractivity contribution is -0.137. The lowest BCUT2D eigenvalue weighted by Crippen LogP contribution is -2.36. The van der Waals surface area contributed by atoms with Crippen LogP contribution in [0.15, 0.2) is 29.2 Å². The van der Waals surface area contributed by atoms with Crippen molar-refractivity contribution in [2.24, 2.45) is 0 Å². The highest BCUT2D eigenvalue weighted by Gasteiger charge is 2.45. The minimum Gasteiger partial charge on any atom is -0.441 e. The fourth-order valence-corrected chi connectivity index (χ4v) is 4.88. The number of likely N-dealkylation sites (N-methyl/N-ethyl adjacent to an activating group) is 1. The number of benzene rings is 1. The highest BCUT2D eigenvalue weighted by molar-refractivity contribution is 7.89. The Morgan fingerprint density at radius 3 is 2.31 bits per heavy atom. The first kappa shape index (κ1) is 19.0. The average molecular weight is 392 g/mol. The predicted octanol–water partition coefficient (Wildman–Crippen LogP) is 2.70. The Kier molecular flexibility index (Phi) is 4.68. The molecule has 6 nitrogen and oxygen atoms in total. The quantitative estimate of drug-likeness (QED) is 0.776. The Morgan fingerprint density at radius 1 is 1.12 bits per heavy atom. The summed E-state index contributed by atoms with van der Waals surface area (Å²) < 4.78 is 70.2. The van der Waals surface area contributed by atoms with Crippen molar-refractivity contribution in [3.63, 3.8) is 0 Å². The van der Waals surface area contributed by atoms with Crippen LogP contribution in [-0.4, -0.2) is 56.0 Å². The number of carbonyl (C=O) groups excluding carboxylic acids is 1. The number of nitrogens with zero attached hydrogens (tertiary/aromatic N) is 2. The molecule has 144 valence electrons. The summed E-state index contributed by atoms with van der Waals surface area (Å²) in [6.07, 6.45) is -3.55. The van der Waals surface area contributed by atoms with E-state index < -0.39 is 33.5 Å². The van der Waals surface area contributed by atoms with Crippen molar-refractivity contribution in [3.05, 3.63) is 29.8 Å². The molecule has 0 bridgehead atoms. The van der Waals surface area contributed by atoms with E-state index in [1.807, 2.05) is 0 Å². The fraction of sp³-hybridized carbons (Fsp3) is 0.562. The van der Waals surface area contributed by atoms with Crippen LogP contribution >= 0.6 is 0 Å². The van der Waals surface area contributed by atoms with Gasteiger partial charge in [-0.3, -0.25) is 0 Å². The Bertz CT molecular complexity index is 795. The summed E-state index contributed by atoms with van der Waals surface area (Å²) >= 11 is 0. The van der Waals surface area contributed by atoms with Gasteiger partial charge in [0, 0.05) is 26.6 Å². The van der Waals surface area contributed by atoms with Crippen molar-refractivity contribution in [1.29, 1.82) is 0 Å². The van der Waals surface area contributed by atoms with E-state index in [-0.39, 0.29) is 18.0 Å². The zero-order chi connectivity index (χ0) is 19.2. The molecule has 0 radical (unpaired) electrons. The van der Waals surface area contributed by atoms with Gasteiger partial charge in [0.2, 0.25) is 10.0 Å². The molecule has 0 aromatic heterocycles. The minimum absolute atomic E-state index is 0.143. The van der Waals surface area contributed by atoms with E-state index in [1.165, 1.54) is 9.21 Å². The van der Waals surface area contributed by atoms with Gasteiger partial charge in [0.1, 0.15) is 5.60 Å². The van der Waals surface area contributed by atoms with Gasteiger partial charge in [-0.2, -0.15) is 17.5 Å². The lowest BCUT2D eigenvalue weighted by Gasteiger charge is -2.25. The van der Waals surface area contributed by atoms with Gasteiger partial charge in [0.05, 0.1) is 17.0 Å². The molecule has 2 saturated heterocycles. The minimum atomic E-state index is -4.52. The Balaban J connectivity index is 1.77. The predicted molar refractivity (Wildman–Crippen MR) is 85.9 cm³/mol. The molecule has 1 amide bonds. The normalized spacial score (nSPS) is 25.4. The van der Waals surface area contributed by atoms with Crippen molar-refractivity contribution in [3.8, 4) is 0 Å². The van der Waals surface area contributed by atoms with Crippen LogP contribution in [0.5, 0.6) is 0 Å². The van der Waals surface area contributed by atoms with Crippen LogP contribution in [-0.2, 0) is 20.9 Å². The van der Waals surface area contributed by atoms with Crippen molar-refractivity contribution in [1.82, 2.24) is 9.21 Å². The largest absolute Gasteiger partial charge is 0.441 e. The van der Waals surface area contributed by atoms with Crippen LogP contribution in [0.3, 0.4) is 0 Å². The number of rotatable bonds is 2. The number of sulfonamides is 1. The number of alkyl halides is 3. The molecular weight excluding hydrogens is 373 g/mol. The van der Waals surface area contributed by atoms with E-state index in [9.17, 15) is 26.4 Å². The summed E-state index contributed by atoms with van der Waals surface area (Å²) in [4.78, 5) is 12.9. The fourth-order valence-electron chi connectivity index (χ4n) is 3.40. The lowest BCUT2D eigenvalue weighted by atomic mass is 9.95. The molecule has 0 unspecified atom stereocenters. The first-order chi connectivity index (χ1) is 12.0. The Morgan fingerprint density at radius 2 is 1.77 bits per heavy atom. The van der Waals surface area contributed by atoms with Crippen molar-refractivity contribution >= 4 is 16.1 Å². The molecule has 1 spiro atoms. The molecule has 0 saturated carbocycles. The molecule has 2 fully saturated rings. The first-order valence-electron chi connectivity index (χ1n) is 8.15. The number of amides is 1. The van der Waals surface area contributed by atoms with Crippen LogP contribution in [0.4, 0.5) is 18.0 Å². The van der Waals surface area contributed by atoms with Crippen LogP contribution in [0.2, 0.25) is 0 Å². The summed E-state index contributed by atoms with van der Waals surface area (Å²) in [6, 6.07) is 3.48. The maximum absolute atomic E-state index is 12.8. The molecule has 1 aromatic carbocycles. The molecule has 2 heterocycles. The molecule has 10 heteroatoms. The van der Waals surface area contributed by atoms with Crippen LogP contribution in [0, 0.1) is 0 Å². The number of halogens is 3. The van der Waals surface area contributed by atoms with Crippen molar-refractivity contribution in [2.75, 3.05) is 26.7 Å². The average Bonchev–Trinajstić information content (AvgIpc) is 2.72. The third-order valence-corrected chi connectivity index (χ3v) is 6.73. The molecule has 2 aliphatic rings. The summed E-state index contributed by atoms with van der Waals surface area (Å²) in [5.41, 5.74) is -1.59. The van der Waals surface area contributed by atoms with Gasteiger partial charge in [0.15, 0.2) is 0 Å². The molecule has 2 aliphatic heterocycles. The van der Waals surface area contributed by atoms with Gasteiger partial charge < -0.3 is 9.64 Å². The van der Waals surface area contributed by atoms with Gasteiger partial charge in [-0.25, -0.2) is 13.2 Å². The molecule has 0 aliphatic carbocycles. The topological polar surface area (TPSA) is 66.9 Å². The summed E-state index contributed by atoms with van der Waals surface area (Å²) in [7, 11) is -2.29. The van der Waals surface area contributed by atoms with E-state index >= 15 is 0 Å². The molecule has 3 rings (SSSR count). The highest BCUT2D eigenvalue weighted by atomic mass is 32.2. The number of hydrogen-bond acceptors (Lipinski definition) is 4. The van der Waals surface area contributed by atoms with Crippen molar-refractivity contribution in [2.45, 2.75) is 35.9 Å². The maximum Gasteiger partial charge on any atom is 0.416 e. The summed E-state index contributed by atoms with van der Waals surface area (Å²) in [5, 5.41) is 0. The van der Waals surface area contributed by atoms with Crippen LogP contribution < -0.4 is 0 Å². The van der Waals surface area contributed by atoms with E-state index in [2.05, 4.69) is 0 Å². The van der Waals surface area contributed by atoms with E-state index in [0.717, 1.165) is 24.3 Å². The van der Waals surface area contributed by atoms with Gasteiger partial charge in [-0.1, -0.05) is 0 Å². The molecule has 1 aromatic rings. The third-order valence-electron chi connectivity index (χ3n) is 4.82. The zero-order valence-corrected chi connectivity index (χ0v) is 14.9. The van der Waals surface area contributed by atoms with E-state index in [4.69, 9.17) is 4.74 Å². The number of carbonyl (C=O) groups is 1. The second kappa shape index (κ2) is 6.41. The van der Waals surface area contributed by atoms with Gasteiger partial charge in [0.25, 0.3) is 0 Å². The Hall–Kier alpha value is -1.81. The number of ether oxygens (including phenoxy) is 1. The van der Waals surface area contributed by atoms with Crippen LogP contribution in [0.1, 0.15) is 24.8 Å². The monoisotopic (exact) mass is 392 g/mol.